The molecular weight excluding hydrogens is 252 g/mol. The quantitative estimate of drug-likeness (QED) is 0.769. The molecule has 1 atom stereocenters. The smallest absolute Gasteiger partial charge is 0.354 e. The van der Waals surface area contributed by atoms with Gasteiger partial charge in [0.2, 0.25) is 0 Å². The predicted octanol–water partition coefficient (Wildman–Crippen LogP) is 1.99. The van der Waals surface area contributed by atoms with Gasteiger partial charge in [-0.1, -0.05) is 0 Å². The van der Waals surface area contributed by atoms with E-state index in [0.717, 1.165) is 5.56 Å². The van der Waals surface area contributed by atoms with Crippen LogP contribution in [0.25, 0.3) is 0 Å². The van der Waals surface area contributed by atoms with Gasteiger partial charge in [0.25, 0.3) is 0 Å². The van der Waals surface area contributed by atoms with Crippen LogP contribution in [0.1, 0.15) is 22.2 Å². The average Bonchev–Trinajstić information content (AvgIpc) is 2.90. The van der Waals surface area contributed by atoms with Crippen molar-refractivity contribution in [3.05, 3.63) is 46.4 Å². The van der Waals surface area contributed by atoms with E-state index in [4.69, 9.17) is 5.11 Å². The summed E-state index contributed by atoms with van der Waals surface area (Å²) in [6.45, 7) is 0.352. The molecule has 0 saturated heterocycles. The van der Waals surface area contributed by atoms with Crippen molar-refractivity contribution < 1.29 is 15.0 Å². The Morgan fingerprint density at radius 1 is 1.44 bits per heavy atom. The number of aromatic nitrogens is 1. The van der Waals surface area contributed by atoms with Crippen molar-refractivity contribution in [2.24, 2.45) is 0 Å². The number of nitrogens with zero attached hydrogens (tertiary/aromatic N) is 1. The molecule has 0 aliphatic rings. The molecule has 2 aromatic rings. The third-order valence-corrected chi connectivity index (χ3v) is 3.11. The first-order valence-corrected chi connectivity index (χ1v) is 6.24. The van der Waals surface area contributed by atoms with Crippen LogP contribution >= 0.6 is 11.3 Å². The molecule has 0 spiro atoms. The van der Waals surface area contributed by atoms with Crippen LogP contribution in [0, 0.1) is 0 Å². The summed E-state index contributed by atoms with van der Waals surface area (Å²) in [5.74, 6) is -1.06. The van der Waals surface area contributed by atoms with E-state index >= 15 is 0 Å². The van der Waals surface area contributed by atoms with Crippen molar-refractivity contribution in [2.45, 2.75) is 6.10 Å². The topological polar surface area (TPSA) is 82.5 Å². The summed E-state index contributed by atoms with van der Waals surface area (Å²) in [5, 5.41) is 25.3. The fourth-order valence-corrected chi connectivity index (χ4v) is 2.13. The maximum absolute atomic E-state index is 10.6. The summed E-state index contributed by atoms with van der Waals surface area (Å²) in [6, 6.07) is 4.90. The van der Waals surface area contributed by atoms with Gasteiger partial charge in [-0.2, -0.15) is 11.3 Å². The molecule has 0 aromatic carbocycles. The van der Waals surface area contributed by atoms with Crippen LogP contribution in [0.15, 0.2) is 35.2 Å². The number of nitrogens with one attached hydrogen (secondary N) is 1. The lowest BCUT2D eigenvalue weighted by molar-refractivity contribution is 0.0690. The monoisotopic (exact) mass is 264 g/mol. The van der Waals surface area contributed by atoms with Crippen LogP contribution in [0.3, 0.4) is 0 Å². The Hall–Kier alpha value is -1.92. The van der Waals surface area contributed by atoms with Gasteiger partial charge in [0.05, 0.1) is 18.0 Å². The molecule has 94 valence electrons. The molecule has 0 fully saturated rings. The first-order chi connectivity index (χ1) is 8.66. The van der Waals surface area contributed by atoms with E-state index in [1.165, 1.54) is 23.6 Å². The van der Waals surface area contributed by atoms with Crippen molar-refractivity contribution >= 4 is 23.0 Å². The Morgan fingerprint density at radius 2 is 2.28 bits per heavy atom. The fourth-order valence-electron chi connectivity index (χ4n) is 1.42. The SMILES string of the molecule is O=C(O)c1ccc(NCC(O)c2ccsc2)cn1. The summed E-state index contributed by atoms with van der Waals surface area (Å²) in [6.07, 6.45) is 0.847. The highest BCUT2D eigenvalue weighted by Gasteiger charge is 2.08. The van der Waals surface area contributed by atoms with Gasteiger partial charge in [-0.25, -0.2) is 9.78 Å². The van der Waals surface area contributed by atoms with Gasteiger partial charge in [-0.3, -0.25) is 0 Å². The third-order valence-electron chi connectivity index (χ3n) is 2.41. The van der Waals surface area contributed by atoms with Gasteiger partial charge in [-0.05, 0) is 34.5 Å². The number of carboxylic acid groups (broad SMARTS) is 1. The van der Waals surface area contributed by atoms with Gasteiger partial charge in [0.1, 0.15) is 5.69 Å². The first kappa shape index (κ1) is 12.5. The highest BCUT2D eigenvalue weighted by molar-refractivity contribution is 7.07. The molecule has 0 bridgehead atoms. The molecule has 2 aromatic heterocycles. The second-order valence-corrected chi connectivity index (χ2v) is 4.47. The van der Waals surface area contributed by atoms with E-state index in [0.29, 0.717) is 12.2 Å². The van der Waals surface area contributed by atoms with E-state index in [1.807, 2.05) is 16.8 Å². The first-order valence-electron chi connectivity index (χ1n) is 5.30. The molecule has 1 unspecified atom stereocenters. The number of hydrogen-bond acceptors (Lipinski definition) is 5. The minimum Gasteiger partial charge on any atom is -0.477 e. The van der Waals surface area contributed by atoms with Crippen molar-refractivity contribution in [1.29, 1.82) is 0 Å². The highest BCUT2D eigenvalue weighted by atomic mass is 32.1. The standard InChI is InChI=1S/C12H12N2O3S/c15-11(8-3-4-18-7-8)6-13-9-1-2-10(12(16)17)14-5-9/h1-5,7,11,13,15H,6H2,(H,16,17). The maximum Gasteiger partial charge on any atom is 0.354 e. The van der Waals surface area contributed by atoms with E-state index < -0.39 is 12.1 Å². The number of hydrogen-bond donors (Lipinski definition) is 3. The predicted molar refractivity (Wildman–Crippen MR) is 69.0 cm³/mol. The van der Waals surface area contributed by atoms with Gasteiger partial charge in [-0.15, -0.1) is 0 Å². The number of aromatic carboxylic acids is 1. The molecule has 0 saturated carbocycles. The Bertz CT molecular complexity index is 511. The molecule has 5 nitrogen and oxygen atoms in total. The van der Waals surface area contributed by atoms with Crippen LogP contribution in [0.5, 0.6) is 0 Å². The van der Waals surface area contributed by atoms with Gasteiger partial charge in [0, 0.05) is 6.54 Å². The Kier molecular flexibility index (Phi) is 3.91. The molecular formula is C12H12N2O3S. The van der Waals surface area contributed by atoms with Crippen LogP contribution < -0.4 is 5.32 Å². The minimum absolute atomic E-state index is 0.000988. The van der Waals surface area contributed by atoms with Gasteiger partial charge < -0.3 is 15.5 Å². The molecule has 0 aliphatic heterocycles. The van der Waals surface area contributed by atoms with Gasteiger partial charge >= 0.3 is 5.97 Å². The number of carboxylic acids is 1. The Balaban J connectivity index is 1.92. The summed E-state index contributed by atoms with van der Waals surface area (Å²) in [5.41, 5.74) is 1.54. The zero-order valence-electron chi connectivity index (χ0n) is 9.41. The molecule has 0 amide bonds. The number of anilines is 1. The maximum atomic E-state index is 10.6. The number of aliphatic hydroxyl groups excluding tert-OH is 1. The molecule has 0 radical (unpaired) electrons. The van der Waals surface area contributed by atoms with Crippen LogP contribution in [0.4, 0.5) is 5.69 Å². The zero-order chi connectivity index (χ0) is 13.0. The molecule has 2 rings (SSSR count). The van der Waals surface area contributed by atoms with E-state index in [2.05, 4.69) is 10.3 Å². The minimum atomic E-state index is -1.06. The Morgan fingerprint density at radius 3 is 2.83 bits per heavy atom. The summed E-state index contributed by atoms with van der Waals surface area (Å²) in [7, 11) is 0. The van der Waals surface area contributed by atoms with E-state index in [1.54, 1.807) is 6.07 Å². The molecule has 18 heavy (non-hydrogen) atoms. The van der Waals surface area contributed by atoms with E-state index in [-0.39, 0.29) is 5.69 Å². The largest absolute Gasteiger partial charge is 0.477 e. The van der Waals surface area contributed by atoms with Crippen molar-refractivity contribution in [2.75, 3.05) is 11.9 Å². The number of thiophene rings is 1. The van der Waals surface area contributed by atoms with Crippen molar-refractivity contribution in [3.63, 3.8) is 0 Å². The number of carbonyl (C=O) groups is 1. The number of rotatable bonds is 5. The van der Waals surface area contributed by atoms with Crippen molar-refractivity contribution in [3.8, 4) is 0 Å². The molecule has 6 heteroatoms. The van der Waals surface area contributed by atoms with Crippen LogP contribution in [-0.4, -0.2) is 27.7 Å². The molecule has 2 heterocycles. The Labute approximate surface area is 108 Å². The second-order valence-electron chi connectivity index (χ2n) is 3.69. The zero-order valence-corrected chi connectivity index (χ0v) is 10.2. The van der Waals surface area contributed by atoms with Crippen LogP contribution in [-0.2, 0) is 0 Å². The highest BCUT2D eigenvalue weighted by Crippen LogP contribution is 2.17. The normalized spacial score (nSPS) is 12.1. The third kappa shape index (κ3) is 3.06. The van der Waals surface area contributed by atoms with Crippen LogP contribution in [0.2, 0.25) is 0 Å². The molecule has 3 N–H and O–H groups in total. The summed E-state index contributed by atoms with van der Waals surface area (Å²) in [4.78, 5) is 14.4. The molecule has 0 aliphatic carbocycles. The fraction of sp³-hybridized carbons (Fsp3) is 0.167. The average molecular weight is 264 g/mol. The lowest BCUT2D eigenvalue weighted by Gasteiger charge is -2.11. The van der Waals surface area contributed by atoms with Crippen molar-refractivity contribution in [1.82, 2.24) is 4.98 Å². The van der Waals surface area contributed by atoms with Gasteiger partial charge in [0.15, 0.2) is 0 Å². The van der Waals surface area contributed by atoms with E-state index in [9.17, 15) is 9.90 Å². The lowest BCUT2D eigenvalue weighted by Crippen LogP contribution is -2.12. The summed E-state index contributed by atoms with van der Waals surface area (Å²) < 4.78 is 0. The summed E-state index contributed by atoms with van der Waals surface area (Å²) >= 11 is 1.53. The number of pyridine rings is 1. The lowest BCUT2D eigenvalue weighted by atomic mass is 10.2. The number of aliphatic hydroxyl groups is 1. The second kappa shape index (κ2) is 5.61.